The van der Waals surface area contributed by atoms with Crippen LogP contribution in [0.5, 0.6) is 0 Å². The number of hydrogen-bond acceptors (Lipinski definition) is 1. The zero-order chi connectivity index (χ0) is 14.7. The van der Waals surface area contributed by atoms with E-state index < -0.39 is 6.10 Å². The molecule has 0 amide bonds. The zero-order valence-electron chi connectivity index (χ0n) is 11.4. The second kappa shape index (κ2) is 6.25. The Bertz CT molecular complexity index is 703. The summed E-state index contributed by atoms with van der Waals surface area (Å²) in [4.78, 5) is 0. The fourth-order valence-corrected chi connectivity index (χ4v) is 2.59. The van der Waals surface area contributed by atoms with Crippen LogP contribution in [-0.2, 0) is 0 Å². The fourth-order valence-electron chi connectivity index (χ4n) is 2.33. The van der Waals surface area contributed by atoms with E-state index in [0.29, 0.717) is 0 Å². The lowest BCUT2D eigenvalue weighted by Gasteiger charge is -2.12. The van der Waals surface area contributed by atoms with Crippen molar-refractivity contribution in [3.63, 3.8) is 0 Å². The van der Waals surface area contributed by atoms with Crippen molar-refractivity contribution in [2.45, 2.75) is 6.10 Å². The molecule has 0 radical (unpaired) electrons. The zero-order valence-corrected chi connectivity index (χ0v) is 13.0. The highest BCUT2D eigenvalue weighted by molar-refractivity contribution is 9.10. The van der Waals surface area contributed by atoms with Gasteiger partial charge in [0.1, 0.15) is 6.10 Å². The lowest BCUT2D eigenvalue weighted by Crippen LogP contribution is -1.98. The molecule has 0 spiro atoms. The van der Waals surface area contributed by atoms with Crippen LogP contribution in [-0.4, -0.2) is 5.11 Å². The third-order valence-electron chi connectivity index (χ3n) is 3.52. The molecule has 0 heterocycles. The predicted molar refractivity (Wildman–Crippen MR) is 90.1 cm³/mol. The summed E-state index contributed by atoms with van der Waals surface area (Å²) in [5.41, 5.74) is 4.13. The van der Waals surface area contributed by atoms with Crippen LogP contribution in [0.4, 0.5) is 0 Å². The van der Waals surface area contributed by atoms with Crippen molar-refractivity contribution in [2.75, 3.05) is 0 Å². The second-order valence-electron chi connectivity index (χ2n) is 4.94. The Morgan fingerprint density at radius 3 is 1.67 bits per heavy atom. The summed E-state index contributed by atoms with van der Waals surface area (Å²) in [5.74, 6) is 0. The van der Waals surface area contributed by atoms with E-state index in [9.17, 15) is 5.11 Å². The smallest absolute Gasteiger partial charge is 0.104 e. The van der Waals surface area contributed by atoms with Gasteiger partial charge in [-0.1, -0.05) is 82.7 Å². The average Bonchev–Trinajstić information content (AvgIpc) is 2.56. The predicted octanol–water partition coefficient (Wildman–Crippen LogP) is 5.20. The maximum atomic E-state index is 10.4. The maximum absolute atomic E-state index is 10.4. The second-order valence-corrected chi connectivity index (χ2v) is 5.86. The van der Waals surface area contributed by atoms with Gasteiger partial charge in [0, 0.05) is 4.47 Å². The van der Waals surface area contributed by atoms with Gasteiger partial charge in [-0.05, 0) is 34.4 Å². The average molecular weight is 339 g/mol. The quantitative estimate of drug-likeness (QED) is 0.696. The molecule has 2 heteroatoms. The molecule has 0 saturated carbocycles. The Kier molecular flexibility index (Phi) is 4.18. The van der Waals surface area contributed by atoms with Crippen LogP contribution in [0, 0.1) is 0 Å². The molecule has 1 N–H and O–H groups in total. The van der Waals surface area contributed by atoms with Gasteiger partial charge in [-0.3, -0.25) is 0 Å². The first-order valence-electron chi connectivity index (χ1n) is 6.83. The lowest BCUT2D eigenvalue weighted by molar-refractivity contribution is 0.220. The SMILES string of the molecule is OC(c1ccccc1)c1ccc(-c2ccc(Br)cc2)cc1. The van der Waals surface area contributed by atoms with Gasteiger partial charge < -0.3 is 5.11 Å². The highest BCUT2D eigenvalue weighted by atomic mass is 79.9. The number of aliphatic hydroxyl groups excluding tert-OH is 1. The van der Waals surface area contributed by atoms with Gasteiger partial charge in [0.2, 0.25) is 0 Å². The molecule has 21 heavy (non-hydrogen) atoms. The lowest BCUT2D eigenvalue weighted by atomic mass is 9.98. The van der Waals surface area contributed by atoms with Crippen LogP contribution in [0.1, 0.15) is 17.2 Å². The summed E-state index contributed by atoms with van der Waals surface area (Å²) in [5, 5.41) is 10.4. The molecule has 104 valence electrons. The Labute approximate surface area is 133 Å². The Hall–Kier alpha value is -1.90. The van der Waals surface area contributed by atoms with E-state index in [1.807, 2.05) is 66.7 Å². The summed E-state index contributed by atoms with van der Waals surface area (Å²) < 4.78 is 1.07. The Morgan fingerprint density at radius 1 is 0.619 bits per heavy atom. The summed E-state index contributed by atoms with van der Waals surface area (Å²) >= 11 is 3.44. The molecule has 3 aromatic rings. The molecular formula is C19H15BrO. The third-order valence-corrected chi connectivity index (χ3v) is 4.05. The molecular weight excluding hydrogens is 324 g/mol. The van der Waals surface area contributed by atoms with Crippen molar-refractivity contribution in [1.29, 1.82) is 0 Å². The monoisotopic (exact) mass is 338 g/mol. The standard InChI is InChI=1S/C19H15BrO/c20-18-12-10-15(11-13-18)14-6-8-17(9-7-14)19(21)16-4-2-1-3-5-16/h1-13,19,21H. The van der Waals surface area contributed by atoms with Gasteiger partial charge in [-0.15, -0.1) is 0 Å². The molecule has 0 saturated heterocycles. The van der Waals surface area contributed by atoms with E-state index in [1.165, 1.54) is 5.56 Å². The largest absolute Gasteiger partial charge is 0.384 e. The van der Waals surface area contributed by atoms with Crippen LogP contribution in [0.25, 0.3) is 11.1 Å². The van der Waals surface area contributed by atoms with Gasteiger partial charge in [0.15, 0.2) is 0 Å². The van der Waals surface area contributed by atoms with Gasteiger partial charge in [0.25, 0.3) is 0 Å². The van der Waals surface area contributed by atoms with E-state index in [0.717, 1.165) is 21.2 Å². The number of benzene rings is 3. The summed E-state index contributed by atoms with van der Waals surface area (Å²) in [6.07, 6.45) is -0.579. The van der Waals surface area contributed by atoms with Gasteiger partial charge in [-0.25, -0.2) is 0 Å². The molecule has 3 rings (SSSR count). The summed E-state index contributed by atoms with van der Waals surface area (Å²) in [6.45, 7) is 0. The molecule has 0 bridgehead atoms. The van der Waals surface area contributed by atoms with Crippen molar-refractivity contribution in [1.82, 2.24) is 0 Å². The molecule has 1 nitrogen and oxygen atoms in total. The highest BCUT2D eigenvalue weighted by Crippen LogP contribution is 2.26. The summed E-state index contributed by atoms with van der Waals surface area (Å²) in [6, 6.07) is 26.0. The van der Waals surface area contributed by atoms with Gasteiger partial charge in [-0.2, -0.15) is 0 Å². The first-order valence-corrected chi connectivity index (χ1v) is 7.62. The molecule has 1 atom stereocenters. The van der Waals surface area contributed by atoms with Crippen molar-refractivity contribution < 1.29 is 5.11 Å². The molecule has 0 aliphatic heterocycles. The van der Waals surface area contributed by atoms with E-state index in [-0.39, 0.29) is 0 Å². The van der Waals surface area contributed by atoms with Crippen molar-refractivity contribution in [2.24, 2.45) is 0 Å². The van der Waals surface area contributed by atoms with Crippen LogP contribution < -0.4 is 0 Å². The topological polar surface area (TPSA) is 20.2 Å². The Morgan fingerprint density at radius 2 is 1.10 bits per heavy atom. The van der Waals surface area contributed by atoms with E-state index in [2.05, 4.69) is 28.1 Å². The molecule has 0 aliphatic rings. The first kappa shape index (κ1) is 14.1. The summed E-state index contributed by atoms with van der Waals surface area (Å²) in [7, 11) is 0. The van der Waals surface area contributed by atoms with Crippen molar-refractivity contribution in [3.05, 3.63) is 94.5 Å². The minimum Gasteiger partial charge on any atom is -0.384 e. The highest BCUT2D eigenvalue weighted by Gasteiger charge is 2.09. The van der Waals surface area contributed by atoms with Crippen LogP contribution in [0.3, 0.4) is 0 Å². The van der Waals surface area contributed by atoms with Crippen molar-refractivity contribution in [3.8, 4) is 11.1 Å². The minimum atomic E-state index is -0.579. The third kappa shape index (κ3) is 3.23. The van der Waals surface area contributed by atoms with Gasteiger partial charge in [0.05, 0.1) is 0 Å². The van der Waals surface area contributed by atoms with Crippen LogP contribution in [0.15, 0.2) is 83.3 Å². The number of halogens is 1. The number of hydrogen-bond donors (Lipinski definition) is 1. The minimum absolute atomic E-state index is 0.579. The Balaban J connectivity index is 1.85. The fraction of sp³-hybridized carbons (Fsp3) is 0.0526. The van der Waals surface area contributed by atoms with Crippen molar-refractivity contribution >= 4 is 15.9 Å². The number of aliphatic hydroxyl groups is 1. The molecule has 3 aromatic carbocycles. The molecule has 1 unspecified atom stereocenters. The number of rotatable bonds is 3. The van der Waals surface area contributed by atoms with E-state index in [4.69, 9.17) is 0 Å². The first-order chi connectivity index (χ1) is 10.2. The molecule has 0 aliphatic carbocycles. The maximum Gasteiger partial charge on any atom is 0.104 e. The van der Waals surface area contributed by atoms with Crippen LogP contribution >= 0.6 is 15.9 Å². The molecule has 0 aromatic heterocycles. The van der Waals surface area contributed by atoms with Crippen LogP contribution in [0.2, 0.25) is 0 Å². The van der Waals surface area contributed by atoms with E-state index >= 15 is 0 Å². The van der Waals surface area contributed by atoms with Gasteiger partial charge >= 0.3 is 0 Å². The normalized spacial score (nSPS) is 12.1. The van der Waals surface area contributed by atoms with E-state index in [1.54, 1.807) is 0 Å². The molecule has 0 fully saturated rings.